The zero-order valence-corrected chi connectivity index (χ0v) is 22.8. The van der Waals surface area contributed by atoms with Gasteiger partial charge in [-0.1, -0.05) is 115 Å². The van der Waals surface area contributed by atoms with Crippen LogP contribution in [0.3, 0.4) is 0 Å². The number of hydrogen-bond acceptors (Lipinski definition) is 4. The fourth-order valence-electron chi connectivity index (χ4n) is 5.45. The summed E-state index contributed by atoms with van der Waals surface area (Å²) < 4.78 is 1.19. The Hall–Kier alpha value is -5.19. The van der Waals surface area contributed by atoms with E-state index in [-0.39, 0.29) is 0 Å². The van der Waals surface area contributed by atoms with Crippen LogP contribution in [0.4, 0.5) is 0 Å². The third kappa shape index (κ3) is 4.26. The molecular weight excluding hydrogens is 518 g/mol. The van der Waals surface area contributed by atoms with Crippen LogP contribution >= 0.6 is 11.3 Å². The first kappa shape index (κ1) is 23.7. The van der Waals surface area contributed by atoms with Gasteiger partial charge in [0.2, 0.25) is 0 Å². The number of thiazole rings is 1. The summed E-state index contributed by atoms with van der Waals surface area (Å²) in [6.45, 7) is 0. The molecule has 2 aromatic heterocycles. The quantitative estimate of drug-likeness (QED) is 0.222. The molecule has 3 nitrogen and oxygen atoms in total. The molecule has 0 aliphatic rings. The number of rotatable bonds is 4. The van der Waals surface area contributed by atoms with Gasteiger partial charge in [-0.15, -0.1) is 11.3 Å². The third-order valence-corrected chi connectivity index (χ3v) is 8.57. The maximum absolute atomic E-state index is 5.08. The molecule has 0 aliphatic carbocycles. The lowest BCUT2D eigenvalue weighted by Crippen LogP contribution is -1.95. The van der Waals surface area contributed by atoms with Crippen molar-refractivity contribution in [3.8, 4) is 44.3 Å². The van der Waals surface area contributed by atoms with E-state index in [9.17, 15) is 0 Å². The van der Waals surface area contributed by atoms with Crippen molar-refractivity contribution in [3.63, 3.8) is 0 Å². The summed E-state index contributed by atoms with van der Waals surface area (Å²) in [5, 5.41) is 4.45. The van der Waals surface area contributed by atoms with Gasteiger partial charge in [0, 0.05) is 27.5 Å². The second-order valence-electron chi connectivity index (χ2n) is 10.1. The summed E-state index contributed by atoms with van der Waals surface area (Å²) in [6, 6.07) is 48.5. The number of fused-ring (bicyclic) bond motifs is 4. The average Bonchev–Trinajstić information content (AvgIpc) is 3.50. The van der Waals surface area contributed by atoms with Crippen LogP contribution in [0.15, 0.2) is 140 Å². The van der Waals surface area contributed by atoms with Crippen molar-refractivity contribution in [3.05, 3.63) is 140 Å². The lowest BCUT2D eigenvalue weighted by atomic mass is 9.99. The van der Waals surface area contributed by atoms with Crippen molar-refractivity contribution in [2.24, 2.45) is 0 Å². The highest BCUT2D eigenvalue weighted by Crippen LogP contribution is 2.37. The average molecular weight is 542 g/mol. The highest BCUT2D eigenvalue weighted by atomic mass is 32.1. The number of para-hydroxylation sites is 1. The molecule has 0 saturated heterocycles. The van der Waals surface area contributed by atoms with E-state index in [1.807, 2.05) is 36.4 Å². The van der Waals surface area contributed by atoms with Gasteiger partial charge in [0.25, 0.3) is 0 Å². The summed E-state index contributed by atoms with van der Waals surface area (Å²) >= 11 is 1.74. The van der Waals surface area contributed by atoms with Crippen LogP contribution in [0.1, 0.15) is 0 Å². The summed E-state index contributed by atoms with van der Waals surface area (Å²) in [5.41, 5.74) is 8.42. The minimum atomic E-state index is 0.722. The van der Waals surface area contributed by atoms with E-state index in [4.69, 9.17) is 15.0 Å². The second-order valence-corrected chi connectivity index (χ2v) is 11.1. The SMILES string of the molecule is c1ccc(-c2nc3c(ccc4ccc(-c5cccc(-c6nc(-c7ccccc7)c7ccccc7n6)c5)cc43)s2)cc1. The van der Waals surface area contributed by atoms with Gasteiger partial charge in [0.15, 0.2) is 5.82 Å². The Balaban J connectivity index is 1.25. The minimum Gasteiger partial charge on any atom is -0.235 e. The Morgan fingerprint density at radius 1 is 0.439 bits per heavy atom. The highest BCUT2D eigenvalue weighted by molar-refractivity contribution is 7.21. The summed E-state index contributed by atoms with van der Waals surface area (Å²) in [4.78, 5) is 15.1. The summed E-state index contributed by atoms with van der Waals surface area (Å²) in [6.07, 6.45) is 0. The van der Waals surface area contributed by atoms with Crippen molar-refractivity contribution < 1.29 is 0 Å². The summed E-state index contributed by atoms with van der Waals surface area (Å²) in [5.74, 6) is 0.722. The van der Waals surface area contributed by atoms with E-state index < -0.39 is 0 Å². The first-order valence-electron chi connectivity index (χ1n) is 13.6. The van der Waals surface area contributed by atoms with Crippen molar-refractivity contribution in [2.75, 3.05) is 0 Å². The minimum absolute atomic E-state index is 0.722. The number of aromatic nitrogens is 3. The first-order valence-corrected chi connectivity index (χ1v) is 14.4. The van der Waals surface area contributed by atoms with Crippen molar-refractivity contribution in [2.45, 2.75) is 0 Å². The van der Waals surface area contributed by atoms with Gasteiger partial charge in [0.05, 0.1) is 21.4 Å². The predicted octanol–water partition coefficient (Wildman–Crippen LogP) is 10.1. The molecule has 0 fully saturated rings. The topological polar surface area (TPSA) is 38.7 Å². The highest BCUT2D eigenvalue weighted by Gasteiger charge is 2.13. The second kappa shape index (κ2) is 9.77. The molecule has 0 radical (unpaired) electrons. The van der Waals surface area contributed by atoms with Gasteiger partial charge in [-0.3, -0.25) is 0 Å². The van der Waals surface area contributed by atoms with Crippen LogP contribution in [-0.2, 0) is 0 Å². The number of hydrogen-bond donors (Lipinski definition) is 0. The van der Waals surface area contributed by atoms with E-state index in [1.54, 1.807) is 11.3 Å². The molecule has 0 saturated carbocycles. The van der Waals surface area contributed by atoms with Crippen LogP contribution in [-0.4, -0.2) is 15.0 Å². The molecule has 0 atom stereocenters. The molecule has 4 heteroatoms. The molecule has 0 spiro atoms. The van der Waals surface area contributed by atoms with Gasteiger partial charge >= 0.3 is 0 Å². The lowest BCUT2D eigenvalue weighted by molar-refractivity contribution is 1.23. The molecule has 0 amide bonds. The maximum Gasteiger partial charge on any atom is 0.160 e. The monoisotopic (exact) mass is 541 g/mol. The molecule has 2 heterocycles. The maximum atomic E-state index is 5.08. The molecule has 41 heavy (non-hydrogen) atoms. The zero-order chi connectivity index (χ0) is 27.2. The van der Waals surface area contributed by atoms with Crippen LogP contribution in [0.5, 0.6) is 0 Å². The number of benzene rings is 6. The van der Waals surface area contributed by atoms with E-state index in [1.165, 1.54) is 10.1 Å². The third-order valence-electron chi connectivity index (χ3n) is 7.50. The fraction of sp³-hybridized carbons (Fsp3) is 0. The van der Waals surface area contributed by atoms with Gasteiger partial charge in [-0.2, -0.15) is 0 Å². The fourth-order valence-corrected chi connectivity index (χ4v) is 6.44. The molecule has 192 valence electrons. The van der Waals surface area contributed by atoms with E-state index in [0.29, 0.717) is 0 Å². The summed E-state index contributed by atoms with van der Waals surface area (Å²) in [7, 11) is 0. The predicted molar refractivity (Wildman–Crippen MR) is 172 cm³/mol. The molecule has 6 aromatic carbocycles. The Bertz CT molecular complexity index is 2200. The van der Waals surface area contributed by atoms with Crippen molar-refractivity contribution in [1.82, 2.24) is 15.0 Å². The largest absolute Gasteiger partial charge is 0.235 e. The van der Waals surface area contributed by atoms with Crippen LogP contribution in [0.25, 0.3) is 76.2 Å². The van der Waals surface area contributed by atoms with Crippen LogP contribution in [0, 0.1) is 0 Å². The smallest absolute Gasteiger partial charge is 0.160 e. The Morgan fingerprint density at radius 3 is 1.98 bits per heavy atom. The molecule has 0 bridgehead atoms. The normalized spacial score (nSPS) is 11.4. The Morgan fingerprint density at radius 2 is 1.12 bits per heavy atom. The van der Waals surface area contributed by atoms with Gasteiger partial charge < -0.3 is 0 Å². The molecule has 0 aliphatic heterocycles. The van der Waals surface area contributed by atoms with E-state index >= 15 is 0 Å². The number of nitrogens with zero attached hydrogens (tertiary/aromatic N) is 3. The molecule has 8 rings (SSSR count). The lowest BCUT2D eigenvalue weighted by Gasteiger charge is -2.11. The molecule has 0 unspecified atom stereocenters. The van der Waals surface area contributed by atoms with Crippen LogP contribution in [0.2, 0.25) is 0 Å². The van der Waals surface area contributed by atoms with E-state index in [2.05, 4.69) is 103 Å². The Kier molecular flexibility index (Phi) is 5.64. The van der Waals surface area contributed by atoms with Gasteiger partial charge in [-0.05, 0) is 40.8 Å². The molecular formula is C37H23N3S. The van der Waals surface area contributed by atoms with Crippen LogP contribution < -0.4 is 0 Å². The first-order chi connectivity index (χ1) is 20.3. The van der Waals surface area contributed by atoms with Crippen molar-refractivity contribution in [1.29, 1.82) is 0 Å². The molecule has 0 N–H and O–H groups in total. The standard InChI is InChI=1S/C37H23N3S/c1-3-10-25(11-4-1)34-30-16-7-8-17-32(30)38-36(39-34)29-15-9-14-27(22-29)28-19-18-24-20-21-33-35(31(24)23-28)40-37(41-33)26-12-5-2-6-13-26/h1-23H. The Labute approximate surface area is 241 Å². The van der Waals surface area contributed by atoms with Gasteiger partial charge in [0.1, 0.15) is 5.01 Å². The van der Waals surface area contributed by atoms with E-state index in [0.717, 1.165) is 66.1 Å². The van der Waals surface area contributed by atoms with Gasteiger partial charge in [-0.25, -0.2) is 15.0 Å². The zero-order valence-electron chi connectivity index (χ0n) is 22.0. The molecule has 8 aromatic rings. The van der Waals surface area contributed by atoms with Crippen molar-refractivity contribution >= 4 is 43.2 Å².